The molecule has 0 aliphatic rings. The van der Waals surface area contributed by atoms with Gasteiger partial charge < -0.3 is 4.74 Å². The third kappa shape index (κ3) is 4.40. The number of fused-ring (bicyclic) bond motifs is 1. The molecule has 3 aromatic heterocycles. The summed E-state index contributed by atoms with van der Waals surface area (Å²) in [5.74, 6) is 0. The highest BCUT2D eigenvalue weighted by atomic mass is 35.5. The number of halogens is 4. The van der Waals surface area contributed by atoms with Gasteiger partial charge in [-0.15, -0.1) is 5.10 Å². The van der Waals surface area contributed by atoms with E-state index < -0.39 is 17.4 Å². The van der Waals surface area contributed by atoms with Crippen LogP contribution in [-0.4, -0.2) is 36.5 Å². The Kier molecular flexibility index (Phi) is 5.92. The minimum Gasteiger partial charge on any atom is -0.467 e. The monoisotopic (exact) mass is 512 g/mol. The Morgan fingerprint density at radius 3 is 2.22 bits per heavy atom. The molecule has 0 fully saturated rings. The van der Waals surface area contributed by atoms with Gasteiger partial charge in [0.1, 0.15) is 0 Å². The Bertz CT molecular complexity index is 1600. The smallest absolute Gasteiger partial charge is 0.416 e. The predicted octanol–water partition coefficient (Wildman–Crippen LogP) is 4.74. The van der Waals surface area contributed by atoms with Crippen molar-refractivity contribution in [3.63, 3.8) is 0 Å². The van der Waals surface area contributed by atoms with Gasteiger partial charge in [0.2, 0.25) is 0 Å². The summed E-state index contributed by atoms with van der Waals surface area (Å²) in [4.78, 5) is 21.4. The number of rotatable bonds is 5. The fourth-order valence-electron chi connectivity index (χ4n) is 3.72. The van der Waals surface area contributed by atoms with Gasteiger partial charge >= 0.3 is 17.9 Å². The molecule has 0 amide bonds. The minimum atomic E-state index is -4.45. The summed E-state index contributed by atoms with van der Waals surface area (Å²) in [5, 5.41) is 9.28. The van der Waals surface area contributed by atoms with Crippen LogP contribution in [0.5, 0.6) is 6.01 Å². The maximum absolute atomic E-state index is 13.1. The molecule has 5 rings (SSSR count). The lowest BCUT2D eigenvalue weighted by molar-refractivity contribution is -0.137. The summed E-state index contributed by atoms with van der Waals surface area (Å²) in [7, 11) is 1.46. The third-order valence-electron chi connectivity index (χ3n) is 5.48. The van der Waals surface area contributed by atoms with Gasteiger partial charge in [-0.25, -0.2) is 19.4 Å². The molecule has 36 heavy (non-hydrogen) atoms. The van der Waals surface area contributed by atoms with Crippen molar-refractivity contribution in [3.8, 4) is 28.3 Å². The van der Waals surface area contributed by atoms with E-state index in [1.54, 1.807) is 36.7 Å². The van der Waals surface area contributed by atoms with Gasteiger partial charge in [-0.3, -0.25) is 0 Å². The third-order valence-corrected chi connectivity index (χ3v) is 5.73. The molecular weight excluding hydrogens is 497 g/mol. The van der Waals surface area contributed by atoms with Crippen molar-refractivity contribution in [2.45, 2.75) is 12.7 Å². The van der Waals surface area contributed by atoms with E-state index in [-0.39, 0.29) is 18.2 Å². The number of nitrogens with zero attached hydrogens (tertiary/aromatic N) is 6. The van der Waals surface area contributed by atoms with Crippen LogP contribution >= 0.6 is 11.6 Å². The van der Waals surface area contributed by atoms with Crippen LogP contribution in [0.4, 0.5) is 13.2 Å². The summed E-state index contributed by atoms with van der Waals surface area (Å²) in [6.45, 7) is -0.0403. The van der Waals surface area contributed by atoms with Crippen molar-refractivity contribution in [1.29, 1.82) is 0 Å². The molecule has 8 nitrogen and oxygen atoms in total. The standard InChI is InChI=1S/C24H16ClF3N6O2/c1-36-22-29-10-16(11-30-22)19-12-31-34-21(20(19)15-4-8-18(25)9-5-15)32-33(23(34)35)13-14-2-6-17(7-3-14)24(26,27)28/h2-12H,13H2,1H3. The number of benzene rings is 2. The number of alkyl halides is 3. The molecule has 0 bridgehead atoms. The van der Waals surface area contributed by atoms with Gasteiger partial charge in [0.05, 0.1) is 25.4 Å². The second-order valence-corrected chi connectivity index (χ2v) is 8.21. The van der Waals surface area contributed by atoms with Crippen molar-refractivity contribution < 1.29 is 17.9 Å². The number of methoxy groups -OCH3 is 1. The molecule has 0 saturated carbocycles. The summed E-state index contributed by atoms with van der Waals surface area (Å²) in [5.41, 5.74) is 1.93. The molecular formula is C24H16ClF3N6O2. The van der Waals surface area contributed by atoms with Crippen molar-refractivity contribution >= 4 is 17.2 Å². The van der Waals surface area contributed by atoms with E-state index in [4.69, 9.17) is 16.3 Å². The number of aromatic nitrogens is 6. The van der Waals surface area contributed by atoms with E-state index in [0.29, 0.717) is 32.8 Å². The Morgan fingerprint density at radius 2 is 1.61 bits per heavy atom. The largest absolute Gasteiger partial charge is 0.467 e. The highest BCUT2D eigenvalue weighted by Crippen LogP contribution is 2.34. The molecule has 12 heteroatoms. The molecule has 182 valence electrons. The topological polar surface area (TPSA) is 87.2 Å². The van der Waals surface area contributed by atoms with Crippen LogP contribution in [0.25, 0.3) is 27.9 Å². The maximum atomic E-state index is 13.1. The number of hydrogen-bond acceptors (Lipinski definition) is 6. The molecule has 0 N–H and O–H groups in total. The summed E-state index contributed by atoms with van der Waals surface area (Å²) < 4.78 is 46.0. The van der Waals surface area contributed by atoms with Crippen LogP contribution < -0.4 is 10.4 Å². The van der Waals surface area contributed by atoms with E-state index in [1.807, 2.05) is 0 Å². The lowest BCUT2D eigenvalue weighted by Gasteiger charge is -2.10. The van der Waals surface area contributed by atoms with E-state index in [9.17, 15) is 18.0 Å². The molecule has 3 heterocycles. The van der Waals surface area contributed by atoms with E-state index >= 15 is 0 Å². The van der Waals surface area contributed by atoms with Crippen LogP contribution in [0.3, 0.4) is 0 Å². The van der Waals surface area contributed by atoms with Gasteiger partial charge in [-0.05, 0) is 35.4 Å². The van der Waals surface area contributed by atoms with E-state index in [2.05, 4.69) is 20.2 Å². The lowest BCUT2D eigenvalue weighted by atomic mass is 9.99. The summed E-state index contributed by atoms with van der Waals surface area (Å²) in [6, 6.07) is 11.7. The fourth-order valence-corrected chi connectivity index (χ4v) is 3.84. The molecule has 2 aromatic carbocycles. The zero-order chi connectivity index (χ0) is 25.4. The first-order valence-electron chi connectivity index (χ1n) is 10.5. The Balaban J connectivity index is 1.65. The Morgan fingerprint density at radius 1 is 0.944 bits per heavy atom. The highest BCUT2D eigenvalue weighted by molar-refractivity contribution is 6.30. The molecule has 0 spiro atoms. The van der Waals surface area contributed by atoms with E-state index in [1.165, 1.54) is 25.4 Å². The first-order chi connectivity index (χ1) is 17.2. The number of ether oxygens (including phenoxy) is 1. The predicted molar refractivity (Wildman–Crippen MR) is 126 cm³/mol. The lowest BCUT2D eigenvalue weighted by Crippen LogP contribution is -2.23. The molecule has 0 atom stereocenters. The van der Waals surface area contributed by atoms with Crippen LogP contribution in [0, 0.1) is 0 Å². The first-order valence-corrected chi connectivity index (χ1v) is 10.9. The van der Waals surface area contributed by atoms with Crippen molar-refractivity contribution in [1.82, 2.24) is 29.4 Å². The quantitative estimate of drug-likeness (QED) is 0.338. The zero-order valence-electron chi connectivity index (χ0n) is 18.6. The average molecular weight is 513 g/mol. The van der Waals surface area contributed by atoms with Crippen LogP contribution in [-0.2, 0) is 12.7 Å². The Hall–Kier alpha value is -4.25. The van der Waals surface area contributed by atoms with E-state index in [0.717, 1.165) is 21.3 Å². The summed E-state index contributed by atoms with van der Waals surface area (Å²) in [6.07, 6.45) is 0.192. The molecule has 0 radical (unpaired) electrons. The molecule has 5 aromatic rings. The SMILES string of the molecule is COc1ncc(-c2cnn3c(=O)n(Cc4ccc(C(F)(F)F)cc4)nc3c2-c2ccc(Cl)cc2)cn1. The normalized spacial score (nSPS) is 11.7. The van der Waals surface area contributed by atoms with Gasteiger partial charge in [0, 0.05) is 34.1 Å². The molecule has 0 unspecified atom stereocenters. The highest BCUT2D eigenvalue weighted by Gasteiger charge is 2.30. The van der Waals surface area contributed by atoms with Crippen molar-refractivity contribution in [2.24, 2.45) is 0 Å². The van der Waals surface area contributed by atoms with Gasteiger partial charge in [-0.2, -0.15) is 22.8 Å². The molecule has 0 aliphatic heterocycles. The Labute approximate surface area is 206 Å². The van der Waals surface area contributed by atoms with Crippen molar-refractivity contribution in [2.75, 3.05) is 7.11 Å². The van der Waals surface area contributed by atoms with Gasteiger partial charge in [0.25, 0.3) is 0 Å². The van der Waals surface area contributed by atoms with Gasteiger partial charge in [0.15, 0.2) is 5.65 Å². The van der Waals surface area contributed by atoms with Crippen LogP contribution in [0.2, 0.25) is 5.02 Å². The molecule has 0 saturated heterocycles. The second kappa shape index (κ2) is 9.08. The number of hydrogen-bond donors (Lipinski definition) is 0. The first kappa shape index (κ1) is 23.5. The average Bonchev–Trinajstić information content (AvgIpc) is 3.19. The summed E-state index contributed by atoms with van der Waals surface area (Å²) >= 11 is 6.07. The maximum Gasteiger partial charge on any atom is 0.416 e. The molecule has 0 aliphatic carbocycles. The van der Waals surface area contributed by atoms with Crippen molar-refractivity contribution in [3.05, 3.63) is 93.8 Å². The minimum absolute atomic E-state index is 0.0403. The van der Waals surface area contributed by atoms with Gasteiger partial charge in [-0.1, -0.05) is 35.9 Å². The second-order valence-electron chi connectivity index (χ2n) is 7.77. The fraction of sp³-hybridized carbons (Fsp3) is 0.125. The van der Waals surface area contributed by atoms with Crippen LogP contribution in [0.1, 0.15) is 11.1 Å². The zero-order valence-corrected chi connectivity index (χ0v) is 19.3. The van der Waals surface area contributed by atoms with Crippen LogP contribution in [0.15, 0.2) is 71.9 Å².